The van der Waals surface area contributed by atoms with E-state index in [1.54, 1.807) is 0 Å². The molecular weight excluding hydrogens is 77.5 g/mol. The van der Waals surface area contributed by atoms with E-state index in [1.165, 1.54) is 5.01 Å². The van der Waals surface area contributed by atoms with Crippen molar-refractivity contribution in [1.82, 2.24) is 0 Å². The Morgan fingerprint density at radius 3 is 1.75 bits per heavy atom. The summed E-state index contributed by atoms with van der Waals surface area (Å²) in [7, 11) is 0. The van der Waals surface area contributed by atoms with Crippen molar-refractivity contribution in [2.24, 2.45) is 0 Å². The summed E-state index contributed by atoms with van der Waals surface area (Å²) >= 11 is 0. The van der Waals surface area contributed by atoms with Crippen molar-refractivity contribution in [3.05, 3.63) is 16.8 Å². The van der Waals surface area contributed by atoms with Gasteiger partial charge in [-0.25, -0.2) is 6.57 Å². The highest BCUT2D eigenvalue weighted by Gasteiger charge is 0.814. The van der Waals surface area contributed by atoms with Crippen LogP contribution < -0.4 is 0 Å². The lowest BCUT2D eigenvalue weighted by molar-refractivity contribution is 2.19. The maximum atomic E-state index is 8.22. The molecule has 0 radical (unpaired) electrons. The van der Waals surface area contributed by atoms with Gasteiger partial charge in [0.15, 0.2) is 0 Å². The van der Waals surface area contributed by atoms with Crippen LogP contribution >= 0.6 is 12.4 Å². The Labute approximate surface area is 30.2 Å². The number of hydrogen-bond donors (Lipinski definition) is 0. The van der Waals surface area contributed by atoms with Gasteiger partial charge in [0.05, 0.1) is 0 Å². The number of nitrogens with zero attached hydrogens (tertiary/aromatic N) is 1. The Morgan fingerprint density at radius 1 is 1.75 bits per heavy atom. The normalized spacial score (nSPS) is 1.75. The SMILES string of the molecule is Cl.[C-]#[N+][O-]. The third kappa shape index (κ3) is 3.01. The Kier molecular flexibility index (Phi) is 45.7. The Balaban J connectivity index is 0. The summed E-state index contributed by atoms with van der Waals surface area (Å²) in [5.41, 5.74) is 0. The first-order valence-corrected chi connectivity index (χ1v) is 0.406. The highest BCUT2D eigenvalue weighted by atomic mass is 35.5. The first-order chi connectivity index (χ1) is 1.41. The van der Waals surface area contributed by atoms with Gasteiger partial charge in [-0.15, -0.1) is 12.4 Å². The van der Waals surface area contributed by atoms with Crippen molar-refractivity contribution < 1.29 is 0 Å². The van der Waals surface area contributed by atoms with Gasteiger partial charge in [0, 0.05) is 0 Å². The molecule has 0 saturated heterocycles. The van der Waals surface area contributed by atoms with Crippen LogP contribution in [0.15, 0.2) is 0 Å². The molecule has 0 fully saturated rings. The maximum Gasteiger partial charge on any atom is -0.147 e. The lowest BCUT2D eigenvalue weighted by Crippen LogP contribution is -0.994. The number of halogens is 1. The molecule has 0 aromatic carbocycles. The molecule has 0 aliphatic heterocycles. The molecule has 0 aliphatic carbocycles. The summed E-state index contributed by atoms with van der Waals surface area (Å²) in [6.45, 7) is 5.28. The summed E-state index contributed by atoms with van der Waals surface area (Å²) in [6, 6.07) is 0. The first kappa shape index (κ1) is 9.55. The molecule has 0 saturated carbocycles. The predicted octanol–water partition coefficient (Wildman–Crippen LogP) is 0.825. The van der Waals surface area contributed by atoms with Crippen molar-refractivity contribution >= 4 is 12.4 Å². The molecule has 0 N–H and O–H groups in total. The van der Waals surface area contributed by atoms with Gasteiger partial charge in [0.1, 0.15) is 0 Å². The zero-order valence-corrected chi connectivity index (χ0v) is 2.58. The standard InChI is InChI=1S/CNO.ClH/c1-2-3;/h;1H/q-1;. The maximum absolute atomic E-state index is 8.22. The molecule has 0 rings (SSSR count). The number of hydrogen-bond acceptors (Lipinski definition) is 1. The fraction of sp³-hybridized carbons (Fsp3) is 0. The van der Waals surface area contributed by atoms with E-state index in [4.69, 9.17) is 11.8 Å². The van der Waals surface area contributed by atoms with Gasteiger partial charge in [0.2, 0.25) is 0 Å². The molecule has 0 aromatic heterocycles. The average molecular weight is 78.5 g/mol. The van der Waals surface area contributed by atoms with E-state index < -0.39 is 0 Å². The van der Waals surface area contributed by atoms with Gasteiger partial charge in [-0.05, 0) is 0 Å². The average Bonchev–Trinajstić information content (AvgIpc) is 0.918. The highest BCUT2D eigenvalue weighted by molar-refractivity contribution is 5.85. The van der Waals surface area contributed by atoms with E-state index in [2.05, 4.69) is 0 Å². The molecule has 0 heterocycles. The smallest absolute Gasteiger partial charge is 0.147 e. The molecule has 0 aromatic rings. The molecule has 24 valence electrons. The van der Waals surface area contributed by atoms with E-state index in [1.807, 2.05) is 0 Å². The van der Waals surface area contributed by atoms with Crippen LogP contribution in [0.4, 0.5) is 0 Å². The topological polar surface area (TPSA) is 27.4 Å². The van der Waals surface area contributed by atoms with Crippen LogP contribution in [-0.4, -0.2) is 0 Å². The van der Waals surface area contributed by atoms with E-state index in [-0.39, 0.29) is 12.4 Å². The van der Waals surface area contributed by atoms with Crippen molar-refractivity contribution in [3.63, 3.8) is 0 Å². The molecule has 0 bridgehead atoms. The van der Waals surface area contributed by atoms with Gasteiger partial charge >= 0.3 is 0 Å². The van der Waals surface area contributed by atoms with Crippen LogP contribution in [0.1, 0.15) is 0 Å². The summed E-state index contributed by atoms with van der Waals surface area (Å²) in [5, 5.41) is 9.72. The Bertz CT molecular complexity index is 29.5. The van der Waals surface area contributed by atoms with Crippen LogP contribution in [0.3, 0.4) is 0 Å². The van der Waals surface area contributed by atoms with E-state index in [0.29, 0.717) is 0 Å². The van der Waals surface area contributed by atoms with Crippen LogP contribution in [0, 0.1) is 11.8 Å². The highest BCUT2D eigenvalue weighted by Crippen LogP contribution is 1.33. The third-order valence-corrected chi connectivity index (χ3v) is 0. The minimum Gasteiger partial charge on any atom is -0.539 e. The molecule has 0 aliphatic rings. The summed E-state index contributed by atoms with van der Waals surface area (Å²) in [6.07, 6.45) is 0. The molecule has 0 spiro atoms. The Hall–Kier alpha value is -0.420. The van der Waals surface area contributed by atoms with E-state index in [0.717, 1.165) is 0 Å². The molecule has 0 atom stereocenters. The zero-order valence-electron chi connectivity index (χ0n) is 1.76. The van der Waals surface area contributed by atoms with Crippen LogP contribution in [0.2, 0.25) is 0 Å². The van der Waals surface area contributed by atoms with Crippen molar-refractivity contribution in [3.8, 4) is 0 Å². The lowest BCUT2D eigenvalue weighted by Gasteiger charge is -1.52. The molecule has 2 nitrogen and oxygen atoms in total. The summed E-state index contributed by atoms with van der Waals surface area (Å²) in [5.74, 6) is 0. The Morgan fingerprint density at radius 2 is 1.75 bits per heavy atom. The molecular formula is CHClNO-. The number of rotatable bonds is 0. The fourth-order valence-corrected chi connectivity index (χ4v) is 0. The van der Waals surface area contributed by atoms with Crippen LogP contribution in [0.5, 0.6) is 0 Å². The quantitative estimate of drug-likeness (QED) is 0.311. The van der Waals surface area contributed by atoms with Gasteiger partial charge in [0.25, 0.3) is 0 Å². The summed E-state index contributed by atoms with van der Waals surface area (Å²) < 4.78 is 0. The van der Waals surface area contributed by atoms with E-state index >= 15 is 0 Å². The van der Waals surface area contributed by atoms with Gasteiger partial charge < -0.3 is 5.21 Å². The minimum absolute atomic E-state index is 0. The first-order valence-electron chi connectivity index (χ1n) is 0.406. The monoisotopic (exact) mass is 78.0 g/mol. The zero-order chi connectivity index (χ0) is 2.71. The van der Waals surface area contributed by atoms with Crippen LogP contribution in [0.25, 0.3) is 5.01 Å². The molecule has 0 unspecified atom stereocenters. The van der Waals surface area contributed by atoms with Crippen molar-refractivity contribution in [2.45, 2.75) is 0 Å². The minimum atomic E-state index is 0. The van der Waals surface area contributed by atoms with Gasteiger partial charge in [-0.2, -0.15) is 0 Å². The molecule has 3 heteroatoms. The van der Waals surface area contributed by atoms with Crippen molar-refractivity contribution in [2.75, 3.05) is 0 Å². The lowest BCUT2D eigenvalue weighted by atomic mass is 11.8. The second kappa shape index (κ2) is 19.1. The summed E-state index contributed by atoms with van der Waals surface area (Å²) in [4.78, 5) is 0. The fourth-order valence-electron chi connectivity index (χ4n) is 0. The second-order valence-corrected chi connectivity index (χ2v) is 0.0913. The van der Waals surface area contributed by atoms with Crippen LogP contribution in [-0.2, 0) is 0 Å². The third-order valence-electron chi connectivity index (χ3n) is 0. The predicted molar refractivity (Wildman–Crippen MR) is 17.2 cm³/mol. The van der Waals surface area contributed by atoms with E-state index in [9.17, 15) is 0 Å². The van der Waals surface area contributed by atoms with Gasteiger partial charge in [-0.1, -0.05) is 0 Å². The largest absolute Gasteiger partial charge is 0.539 e. The van der Waals surface area contributed by atoms with Crippen molar-refractivity contribution in [1.29, 1.82) is 0 Å². The van der Waals surface area contributed by atoms with Gasteiger partial charge in [-0.3, -0.25) is 5.01 Å². The second-order valence-electron chi connectivity index (χ2n) is 0.0913. The molecule has 0 amide bonds. The molecule has 4 heavy (non-hydrogen) atoms.